The summed E-state index contributed by atoms with van der Waals surface area (Å²) >= 11 is 0. The number of hydrogen-bond donors (Lipinski definition) is 1. The first-order valence-corrected chi connectivity index (χ1v) is 12.3. The predicted octanol–water partition coefficient (Wildman–Crippen LogP) is 7.64. The Bertz CT molecular complexity index is 1050. The molecule has 0 bridgehead atoms. The number of anilines is 1. The van der Waals surface area contributed by atoms with E-state index >= 15 is 0 Å². The van der Waals surface area contributed by atoms with E-state index < -0.39 is 6.43 Å². The zero-order valence-electron chi connectivity index (χ0n) is 21.3. The molecule has 0 aromatic carbocycles. The molecule has 0 unspecified atom stereocenters. The van der Waals surface area contributed by atoms with Crippen molar-refractivity contribution in [3.05, 3.63) is 36.3 Å². The highest BCUT2D eigenvalue weighted by molar-refractivity contribution is 5.83. The minimum atomic E-state index is -2.12. The van der Waals surface area contributed by atoms with Gasteiger partial charge < -0.3 is 5.32 Å². The standard InChI is InChI=1S/C21H26N6.C3H6F2.C2H6/c1-14(2)23-18-9-10-19(24-15(18)3)17-11-12-27-20(17)13-22-21(26-27)25-16-7-5-4-6-8-16;1-2-3(4)5;1-2/h9-13,16H,4-8H2,1-3H3,(H,25,26);3H,2H2,1H3;1-2H3. The van der Waals surface area contributed by atoms with Gasteiger partial charge in [0.25, 0.3) is 0 Å². The second kappa shape index (κ2) is 13.7. The van der Waals surface area contributed by atoms with Crippen LogP contribution in [0, 0.1) is 6.92 Å². The summed E-state index contributed by atoms with van der Waals surface area (Å²) in [5, 5.41) is 8.12. The summed E-state index contributed by atoms with van der Waals surface area (Å²) < 4.78 is 23.4. The van der Waals surface area contributed by atoms with E-state index in [1.165, 1.54) is 39.0 Å². The van der Waals surface area contributed by atoms with Gasteiger partial charge in [-0.3, -0.25) is 9.98 Å². The van der Waals surface area contributed by atoms with Crippen LogP contribution in [0.25, 0.3) is 16.8 Å². The Hall–Kier alpha value is -2.90. The van der Waals surface area contributed by atoms with Crippen molar-refractivity contribution in [1.29, 1.82) is 0 Å². The summed E-state index contributed by atoms with van der Waals surface area (Å²) in [5.74, 6) is 0.698. The number of fused-ring (bicyclic) bond motifs is 1. The van der Waals surface area contributed by atoms with Crippen LogP contribution in [0.1, 0.15) is 78.8 Å². The molecule has 3 aromatic heterocycles. The maximum Gasteiger partial charge on any atom is 0.241 e. The minimum absolute atomic E-state index is 0.0278. The molecule has 4 rings (SSSR count). The largest absolute Gasteiger partial charge is 0.350 e. The van der Waals surface area contributed by atoms with E-state index in [0.717, 1.165) is 33.9 Å². The molecule has 3 heterocycles. The molecule has 1 N–H and O–H groups in total. The van der Waals surface area contributed by atoms with Crippen molar-refractivity contribution in [2.24, 2.45) is 4.99 Å². The molecule has 1 aliphatic rings. The van der Waals surface area contributed by atoms with Gasteiger partial charge in [-0.25, -0.2) is 18.3 Å². The summed E-state index contributed by atoms with van der Waals surface area (Å²) in [6.07, 6.45) is 8.03. The first-order chi connectivity index (χ1) is 16.4. The number of rotatable bonds is 5. The Kier molecular flexibility index (Phi) is 11.0. The number of hydrogen-bond acceptors (Lipinski definition) is 5. The van der Waals surface area contributed by atoms with Crippen LogP contribution < -0.4 is 5.32 Å². The lowest BCUT2D eigenvalue weighted by molar-refractivity contribution is 0.144. The average Bonchev–Trinajstić information content (AvgIpc) is 3.26. The summed E-state index contributed by atoms with van der Waals surface area (Å²) in [7, 11) is 0. The van der Waals surface area contributed by atoms with Crippen LogP contribution in [-0.4, -0.2) is 37.8 Å². The van der Waals surface area contributed by atoms with Gasteiger partial charge in [0, 0.05) is 29.9 Å². The molecule has 0 spiro atoms. The quantitative estimate of drug-likeness (QED) is 0.387. The second-order valence-corrected chi connectivity index (χ2v) is 8.28. The number of pyridine rings is 1. The fourth-order valence-corrected chi connectivity index (χ4v) is 3.68. The third kappa shape index (κ3) is 7.85. The number of alkyl halides is 2. The molecule has 0 aliphatic heterocycles. The van der Waals surface area contributed by atoms with Gasteiger partial charge in [0.2, 0.25) is 12.4 Å². The third-order valence-electron chi connectivity index (χ3n) is 5.34. The van der Waals surface area contributed by atoms with E-state index in [0.29, 0.717) is 12.0 Å². The predicted molar refractivity (Wildman–Crippen MR) is 138 cm³/mol. The maximum absolute atomic E-state index is 10.8. The number of nitrogens with zero attached hydrogens (tertiary/aromatic N) is 5. The van der Waals surface area contributed by atoms with Gasteiger partial charge in [-0.2, -0.15) is 0 Å². The second-order valence-electron chi connectivity index (χ2n) is 8.28. The highest BCUT2D eigenvalue weighted by Crippen LogP contribution is 2.27. The van der Waals surface area contributed by atoms with Gasteiger partial charge in [-0.05, 0) is 51.8 Å². The third-order valence-corrected chi connectivity index (χ3v) is 5.34. The number of halogens is 2. The van der Waals surface area contributed by atoms with E-state index in [1.807, 2.05) is 69.7 Å². The highest BCUT2D eigenvalue weighted by atomic mass is 19.3. The molecule has 8 heteroatoms. The Morgan fingerprint density at radius 3 is 2.41 bits per heavy atom. The van der Waals surface area contributed by atoms with Gasteiger partial charge in [0.1, 0.15) is 0 Å². The highest BCUT2D eigenvalue weighted by Gasteiger charge is 2.15. The lowest BCUT2D eigenvalue weighted by Gasteiger charge is -2.22. The van der Waals surface area contributed by atoms with Crippen molar-refractivity contribution in [3.63, 3.8) is 0 Å². The van der Waals surface area contributed by atoms with E-state index in [-0.39, 0.29) is 6.42 Å². The van der Waals surface area contributed by atoms with E-state index in [1.54, 1.807) is 0 Å². The number of aliphatic imine (C=N–C) groups is 1. The average molecular weight is 473 g/mol. The van der Waals surface area contributed by atoms with Crippen LogP contribution in [0.4, 0.5) is 20.4 Å². The van der Waals surface area contributed by atoms with Crippen molar-refractivity contribution in [2.45, 2.75) is 92.5 Å². The van der Waals surface area contributed by atoms with Gasteiger partial charge in [-0.15, -0.1) is 5.10 Å². The van der Waals surface area contributed by atoms with Crippen LogP contribution >= 0.6 is 0 Å². The fourth-order valence-electron chi connectivity index (χ4n) is 3.68. The minimum Gasteiger partial charge on any atom is -0.350 e. The molecule has 1 aliphatic carbocycles. The van der Waals surface area contributed by atoms with Crippen molar-refractivity contribution < 1.29 is 8.78 Å². The SMILES string of the molecule is CC.CC(C)=Nc1ccc(-c2ccn3nc(NC4CCCCC4)ncc23)nc1C.CCC(F)F. The first-order valence-electron chi connectivity index (χ1n) is 12.3. The van der Waals surface area contributed by atoms with Crippen LogP contribution in [0.5, 0.6) is 0 Å². The van der Waals surface area contributed by atoms with Crippen molar-refractivity contribution in [1.82, 2.24) is 19.6 Å². The lowest BCUT2D eigenvalue weighted by atomic mass is 9.96. The van der Waals surface area contributed by atoms with Gasteiger partial charge in [0.05, 0.1) is 28.8 Å². The van der Waals surface area contributed by atoms with Crippen molar-refractivity contribution in [3.8, 4) is 11.3 Å². The lowest BCUT2D eigenvalue weighted by Crippen LogP contribution is -2.23. The molecule has 1 fully saturated rings. The molecular formula is C26H38F2N6. The first kappa shape index (κ1) is 27.3. The number of nitrogens with one attached hydrogen (secondary N) is 1. The molecule has 1 saturated carbocycles. The Labute approximate surface area is 201 Å². The summed E-state index contributed by atoms with van der Waals surface area (Å²) in [5.41, 5.74) is 5.76. The fraction of sp³-hybridized carbons (Fsp3) is 0.538. The Morgan fingerprint density at radius 2 is 1.82 bits per heavy atom. The zero-order chi connectivity index (χ0) is 25.1. The van der Waals surface area contributed by atoms with Gasteiger partial charge >= 0.3 is 0 Å². The molecular weight excluding hydrogens is 434 g/mol. The van der Waals surface area contributed by atoms with Gasteiger partial charge in [0.15, 0.2) is 0 Å². The topological polar surface area (TPSA) is 67.5 Å². The van der Waals surface area contributed by atoms with E-state index in [9.17, 15) is 8.78 Å². The number of aryl methyl sites for hydroxylation is 1. The zero-order valence-corrected chi connectivity index (χ0v) is 21.3. The van der Waals surface area contributed by atoms with E-state index in [2.05, 4.69) is 20.4 Å². The normalized spacial score (nSPS) is 13.6. The smallest absolute Gasteiger partial charge is 0.241 e. The Morgan fingerprint density at radius 1 is 1.15 bits per heavy atom. The van der Waals surface area contributed by atoms with E-state index in [4.69, 9.17) is 4.98 Å². The monoisotopic (exact) mass is 472 g/mol. The molecule has 34 heavy (non-hydrogen) atoms. The Balaban J connectivity index is 0.000000520. The maximum atomic E-state index is 10.8. The summed E-state index contributed by atoms with van der Waals surface area (Å²) in [6.45, 7) is 11.4. The van der Waals surface area contributed by atoms with Crippen molar-refractivity contribution in [2.75, 3.05) is 5.32 Å². The van der Waals surface area contributed by atoms with Crippen LogP contribution in [0.3, 0.4) is 0 Å². The van der Waals surface area contributed by atoms with Crippen LogP contribution in [-0.2, 0) is 0 Å². The molecule has 186 valence electrons. The van der Waals surface area contributed by atoms with Crippen LogP contribution in [0.2, 0.25) is 0 Å². The summed E-state index contributed by atoms with van der Waals surface area (Å²) in [6, 6.07) is 6.57. The van der Waals surface area contributed by atoms with Crippen molar-refractivity contribution >= 4 is 22.9 Å². The molecule has 0 amide bonds. The summed E-state index contributed by atoms with van der Waals surface area (Å²) in [4.78, 5) is 13.8. The molecule has 0 atom stereocenters. The van der Waals surface area contributed by atoms with Crippen LogP contribution in [0.15, 0.2) is 35.6 Å². The molecule has 0 radical (unpaired) electrons. The molecule has 6 nitrogen and oxygen atoms in total. The molecule has 3 aromatic rings. The molecule has 0 saturated heterocycles. The van der Waals surface area contributed by atoms with Gasteiger partial charge in [-0.1, -0.05) is 40.0 Å². The number of aromatic nitrogens is 4.